The summed E-state index contributed by atoms with van der Waals surface area (Å²) in [5.41, 5.74) is 1.77. The Balaban J connectivity index is 1.40. The summed E-state index contributed by atoms with van der Waals surface area (Å²) in [5, 5.41) is 4.73. The minimum absolute atomic E-state index is 0.318. The minimum atomic E-state index is -4.72. The molecule has 0 bridgehead atoms. The zero-order chi connectivity index (χ0) is 31.0. The molecule has 3 aromatic rings. The number of epoxide rings is 1. The van der Waals surface area contributed by atoms with E-state index in [0.29, 0.717) is 18.9 Å². The van der Waals surface area contributed by atoms with Crippen LogP contribution in [-0.4, -0.2) is 73.9 Å². The van der Waals surface area contributed by atoms with Gasteiger partial charge in [-0.15, -0.1) is 11.8 Å². The van der Waals surface area contributed by atoms with Crippen LogP contribution in [-0.2, 0) is 20.0 Å². The van der Waals surface area contributed by atoms with Crippen LogP contribution in [0.5, 0.6) is 5.75 Å². The Morgan fingerprint density at radius 2 is 1.84 bits per heavy atom. The number of carbonyl (C=O) groups excluding carboxylic acids is 1. The lowest BCUT2D eigenvalue weighted by molar-refractivity contribution is -0.173. The van der Waals surface area contributed by atoms with Crippen LogP contribution in [0, 0.1) is 0 Å². The number of aromatic nitrogens is 1. The Bertz CT molecular complexity index is 1540. The molecule has 0 aliphatic carbocycles. The number of rotatable bonds is 10. The topological polar surface area (TPSA) is 97.8 Å². The van der Waals surface area contributed by atoms with Gasteiger partial charge in [0.1, 0.15) is 12.7 Å². The van der Waals surface area contributed by atoms with Crippen LogP contribution in [0.2, 0.25) is 0 Å². The predicted octanol–water partition coefficient (Wildman–Crippen LogP) is 3.82. The normalized spacial score (nSPS) is 21.7. The average molecular weight is 633 g/mol. The van der Waals surface area contributed by atoms with Gasteiger partial charge in [-0.3, -0.25) is 24.6 Å². The number of ether oxygens (including phenoxy) is 4. The van der Waals surface area contributed by atoms with Crippen molar-refractivity contribution < 1.29 is 36.9 Å². The van der Waals surface area contributed by atoms with Crippen molar-refractivity contribution in [2.45, 2.75) is 48.3 Å². The van der Waals surface area contributed by atoms with Crippen LogP contribution in [0.25, 0.3) is 0 Å². The van der Waals surface area contributed by atoms with Gasteiger partial charge >= 0.3 is 6.18 Å². The van der Waals surface area contributed by atoms with Gasteiger partial charge in [-0.2, -0.15) is 13.2 Å². The number of nitrogens with zero attached hydrogens (tertiary/aromatic N) is 3. The molecule has 1 N–H and O–H groups in total. The average Bonchev–Trinajstić information content (AvgIpc) is 3.78. The highest BCUT2D eigenvalue weighted by Crippen LogP contribution is 2.43. The molecular formula is C30H31F3N4O6S. The fourth-order valence-electron chi connectivity index (χ4n) is 5.41. The fraction of sp³-hybridized carbons (Fsp3) is 0.400. The smallest absolute Gasteiger partial charge is 0.408 e. The molecular weight excluding hydrogens is 601 g/mol. The van der Waals surface area contributed by atoms with E-state index in [9.17, 15) is 22.8 Å². The van der Waals surface area contributed by atoms with Crippen molar-refractivity contribution in [3.63, 3.8) is 0 Å². The zero-order valence-electron chi connectivity index (χ0n) is 24.0. The Labute approximate surface area is 255 Å². The maximum atomic E-state index is 14.2. The monoisotopic (exact) mass is 632 g/mol. The molecule has 4 heterocycles. The SMILES string of the molecule is COCCNC1OC1OCOc1c2n(ccc1=O)N([C@H]1c3ccccc3CSc3ccccc31)CN([C@H](C)C(F)(F)F)C2=O. The van der Waals surface area contributed by atoms with Gasteiger partial charge in [0.15, 0.2) is 18.7 Å². The second kappa shape index (κ2) is 12.4. The van der Waals surface area contributed by atoms with Crippen molar-refractivity contribution in [1.82, 2.24) is 14.9 Å². The molecule has 10 nitrogen and oxygen atoms in total. The molecule has 234 valence electrons. The molecule has 1 amide bonds. The number of methoxy groups -OCH3 is 1. The van der Waals surface area contributed by atoms with E-state index in [1.807, 2.05) is 48.5 Å². The quantitative estimate of drug-likeness (QED) is 0.203. The van der Waals surface area contributed by atoms with Crippen LogP contribution in [0.3, 0.4) is 0 Å². The number of halogens is 3. The van der Waals surface area contributed by atoms with Gasteiger partial charge in [0.05, 0.1) is 12.6 Å². The lowest BCUT2D eigenvalue weighted by Crippen LogP contribution is -2.60. The molecule has 2 unspecified atom stereocenters. The molecule has 0 spiro atoms. The summed E-state index contributed by atoms with van der Waals surface area (Å²) in [6.07, 6.45) is -4.36. The third-order valence-corrected chi connectivity index (χ3v) is 8.93. The first-order valence-electron chi connectivity index (χ1n) is 14.0. The molecule has 0 saturated carbocycles. The highest BCUT2D eigenvalue weighted by atomic mass is 32.2. The van der Waals surface area contributed by atoms with E-state index >= 15 is 0 Å². The molecule has 2 aromatic carbocycles. The molecule has 1 aromatic heterocycles. The summed E-state index contributed by atoms with van der Waals surface area (Å²) in [6, 6.07) is 13.9. The molecule has 3 aliphatic rings. The number of carbonyl (C=O) groups is 1. The molecule has 6 rings (SSSR count). The van der Waals surface area contributed by atoms with Gasteiger partial charge in [-0.05, 0) is 29.7 Å². The molecule has 1 saturated heterocycles. The number of thioether (sulfide) groups is 1. The second-order valence-electron chi connectivity index (χ2n) is 10.5. The highest BCUT2D eigenvalue weighted by Gasteiger charge is 2.48. The summed E-state index contributed by atoms with van der Waals surface area (Å²) in [7, 11) is 1.57. The van der Waals surface area contributed by atoms with Gasteiger partial charge in [-0.25, -0.2) is 0 Å². The Morgan fingerprint density at radius 1 is 1.09 bits per heavy atom. The van der Waals surface area contributed by atoms with Gasteiger partial charge in [0.25, 0.3) is 5.91 Å². The number of fused-ring (bicyclic) bond motifs is 3. The zero-order valence-corrected chi connectivity index (χ0v) is 24.8. The van der Waals surface area contributed by atoms with Crippen molar-refractivity contribution in [1.29, 1.82) is 0 Å². The number of hydrogen-bond acceptors (Lipinski definition) is 9. The third kappa shape index (κ3) is 5.92. The van der Waals surface area contributed by atoms with Crippen LogP contribution >= 0.6 is 11.8 Å². The first-order chi connectivity index (χ1) is 21.2. The molecule has 4 atom stereocenters. The van der Waals surface area contributed by atoms with Gasteiger partial charge < -0.3 is 23.8 Å². The van der Waals surface area contributed by atoms with E-state index in [1.165, 1.54) is 16.9 Å². The van der Waals surface area contributed by atoms with Gasteiger partial charge in [0.2, 0.25) is 17.5 Å². The van der Waals surface area contributed by atoms with Crippen molar-refractivity contribution in [2.24, 2.45) is 0 Å². The van der Waals surface area contributed by atoms with Crippen molar-refractivity contribution >= 4 is 17.7 Å². The standard InChI is InChI=1S/C30H31F3N4O6S/c1-18(30(31,32)33)35-16-37(24-20-8-4-3-7-19(20)15-44-23-10-6-5-9-21(23)24)36-13-11-22(38)26(25(36)28(35)39)41-17-42-29-27(43-29)34-12-14-40-2/h3-11,13,18,24,27,29,34H,12,14-17H2,1-2H3/t18-,24+,27?,29?/m1/s1. The van der Waals surface area contributed by atoms with E-state index in [1.54, 1.807) is 23.9 Å². The van der Waals surface area contributed by atoms with Gasteiger partial charge in [-0.1, -0.05) is 42.5 Å². The molecule has 0 radical (unpaired) electrons. The van der Waals surface area contributed by atoms with Crippen LogP contribution < -0.4 is 20.5 Å². The lowest BCUT2D eigenvalue weighted by Gasteiger charge is -2.46. The Hall–Kier alpha value is -3.56. The Morgan fingerprint density at radius 3 is 2.61 bits per heavy atom. The third-order valence-electron chi connectivity index (χ3n) is 7.80. The number of amides is 1. The maximum absolute atomic E-state index is 14.2. The lowest BCUT2D eigenvalue weighted by atomic mass is 9.94. The van der Waals surface area contributed by atoms with E-state index in [-0.39, 0.29) is 5.69 Å². The van der Waals surface area contributed by atoms with Crippen LogP contribution in [0.1, 0.15) is 40.1 Å². The van der Waals surface area contributed by atoms with Crippen molar-refractivity contribution in [2.75, 3.05) is 38.7 Å². The number of benzene rings is 2. The van der Waals surface area contributed by atoms with Crippen molar-refractivity contribution in [3.8, 4) is 5.75 Å². The van der Waals surface area contributed by atoms with E-state index in [2.05, 4.69) is 5.32 Å². The number of pyridine rings is 1. The fourth-order valence-corrected chi connectivity index (χ4v) is 6.51. The molecule has 14 heteroatoms. The largest absolute Gasteiger partial charge is 0.461 e. The number of alkyl halides is 3. The first-order valence-corrected chi connectivity index (χ1v) is 15.0. The minimum Gasteiger partial charge on any atom is -0.461 e. The molecule has 44 heavy (non-hydrogen) atoms. The van der Waals surface area contributed by atoms with E-state index in [0.717, 1.165) is 33.4 Å². The summed E-state index contributed by atoms with van der Waals surface area (Å²) >= 11 is 1.63. The predicted molar refractivity (Wildman–Crippen MR) is 155 cm³/mol. The van der Waals surface area contributed by atoms with Crippen molar-refractivity contribution in [3.05, 3.63) is 93.4 Å². The highest BCUT2D eigenvalue weighted by molar-refractivity contribution is 7.98. The van der Waals surface area contributed by atoms with E-state index < -0.39 is 61.3 Å². The van der Waals surface area contributed by atoms with Crippen LogP contribution in [0.15, 0.2) is 70.5 Å². The summed E-state index contributed by atoms with van der Waals surface area (Å²) < 4.78 is 65.5. The summed E-state index contributed by atoms with van der Waals surface area (Å²) in [4.78, 5) is 28.6. The van der Waals surface area contributed by atoms with E-state index in [4.69, 9.17) is 18.9 Å². The second-order valence-corrected chi connectivity index (χ2v) is 11.5. The van der Waals surface area contributed by atoms with Gasteiger partial charge in [0, 0.05) is 36.6 Å². The number of nitrogens with one attached hydrogen (secondary N) is 1. The van der Waals surface area contributed by atoms with Crippen LogP contribution in [0.4, 0.5) is 13.2 Å². The summed E-state index contributed by atoms with van der Waals surface area (Å²) in [5.74, 6) is -0.729. The molecule has 3 aliphatic heterocycles. The molecule has 1 fully saturated rings. The Kier molecular flexibility index (Phi) is 8.61. The first kappa shape index (κ1) is 30.5. The number of hydrogen-bond donors (Lipinski definition) is 1. The maximum Gasteiger partial charge on any atom is 0.408 e. The summed E-state index contributed by atoms with van der Waals surface area (Å²) in [6.45, 7) is 1.07.